The average Bonchev–Trinajstić information content (AvgIpc) is 2.68. The van der Waals surface area contributed by atoms with Gasteiger partial charge in [-0.1, -0.05) is 104 Å². The molecule has 0 aliphatic carbocycles. The van der Waals surface area contributed by atoms with Crippen LogP contribution in [0.5, 0.6) is 0 Å². The molecule has 0 amide bonds. The first kappa shape index (κ1) is 27.2. The first-order chi connectivity index (χ1) is 13.1. The Morgan fingerprint density at radius 1 is 0.519 bits per heavy atom. The van der Waals surface area contributed by atoms with E-state index in [1.54, 1.807) is 21.3 Å². The van der Waals surface area contributed by atoms with E-state index in [4.69, 9.17) is 26.8 Å². The summed E-state index contributed by atoms with van der Waals surface area (Å²) >= 11 is 5.08. The van der Waals surface area contributed by atoms with Gasteiger partial charge in [0.15, 0.2) is 0 Å². The second-order valence-corrected chi connectivity index (χ2v) is 8.80. The zero-order valence-corrected chi connectivity index (χ0v) is 19.9. The van der Waals surface area contributed by atoms with Gasteiger partial charge in [0.2, 0.25) is 0 Å². The fraction of sp³-hybridized carbons (Fsp3) is 1.00. The van der Waals surface area contributed by atoms with Crippen molar-refractivity contribution >= 4 is 12.6 Å². The quantitative estimate of drug-likeness (QED) is 0.129. The van der Waals surface area contributed by atoms with Crippen LogP contribution in [-0.4, -0.2) is 32.0 Å². The standard InChI is InChI=1S/C23H48O3S/c1-6-8-10-12-14-15-17-19-21-22(27,23(24-3,25-4)26-5)20-18-16-13-11-9-7-2/h27H,6-21H2,1-5H3. The molecule has 3 nitrogen and oxygen atoms in total. The minimum atomic E-state index is -1.07. The highest BCUT2D eigenvalue weighted by molar-refractivity contribution is 7.81. The smallest absolute Gasteiger partial charge is 0.297 e. The molecule has 0 radical (unpaired) electrons. The fourth-order valence-corrected chi connectivity index (χ4v) is 4.59. The maximum atomic E-state index is 5.70. The third-order valence-corrected chi connectivity index (χ3v) is 6.49. The van der Waals surface area contributed by atoms with Crippen molar-refractivity contribution < 1.29 is 14.2 Å². The molecule has 0 aromatic carbocycles. The van der Waals surface area contributed by atoms with Crippen molar-refractivity contribution in [2.75, 3.05) is 21.3 Å². The van der Waals surface area contributed by atoms with Crippen LogP contribution in [0.25, 0.3) is 0 Å². The van der Waals surface area contributed by atoms with Crippen molar-refractivity contribution in [1.29, 1.82) is 0 Å². The Hall–Kier alpha value is 0.230. The molecule has 4 heteroatoms. The highest BCUT2D eigenvalue weighted by atomic mass is 32.1. The summed E-state index contributed by atoms with van der Waals surface area (Å²) in [6.45, 7) is 4.52. The lowest BCUT2D eigenvalue weighted by Gasteiger charge is -2.44. The van der Waals surface area contributed by atoms with E-state index in [-0.39, 0.29) is 0 Å². The van der Waals surface area contributed by atoms with Gasteiger partial charge in [0, 0.05) is 21.3 Å². The van der Waals surface area contributed by atoms with E-state index in [1.807, 2.05) is 0 Å². The fourth-order valence-electron chi connectivity index (χ4n) is 4.00. The van der Waals surface area contributed by atoms with Crippen molar-refractivity contribution in [3.63, 3.8) is 0 Å². The minimum absolute atomic E-state index is 0.418. The summed E-state index contributed by atoms with van der Waals surface area (Å²) in [4.78, 5) is 0. The summed E-state index contributed by atoms with van der Waals surface area (Å²) in [6.07, 6.45) is 20.0. The van der Waals surface area contributed by atoms with Gasteiger partial charge in [-0.15, -0.1) is 0 Å². The van der Waals surface area contributed by atoms with Gasteiger partial charge in [-0.2, -0.15) is 12.6 Å². The third kappa shape index (κ3) is 10.5. The predicted molar refractivity (Wildman–Crippen MR) is 121 cm³/mol. The molecule has 0 aromatic heterocycles. The largest absolute Gasteiger partial charge is 0.330 e. The lowest BCUT2D eigenvalue weighted by atomic mass is 9.90. The lowest BCUT2D eigenvalue weighted by molar-refractivity contribution is -0.370. The molecule has 1 unspecified atom stereocenters. The number of thiol groups is 1. The Bertz CT molecular complexity index is 312. The van der Waals surface area contributed by atoms with Crippen LogP contribution in [-0.2, 0) is 14.2 Å². The molecule has 0 N–H and O–H groups in total. The molecule has 27 heavy (non-hydrogen) atoms. The van der Waals surface area contributed by atoms with E-state index in [2.05, 4.69) is 13.8 Å². The number of rotatable bonds is 20. The Labute approximate surface area is 175 Å². The molecule has 1 atom stereocenters. The molecule has 164 valence electrons. The molecular weight excluding hydrogens is 356 g/mol. The first-order valence-electron chi connectivity index (χ1n) is 11.4. The molecule has 0 aliphatic rings. The summed E-state index contributed by atoms with van der Waals surface area (Å²) in [5, 5.41) is 0. The van der Waals surface area contributed by atoms with Crippen molar-refractivity contribution in [3.05, 3.63) is 0 Å². The van der Waals surface area contributed by atoms with Gasteiger partial charge in [-0.3, -0.25) is 0 Å². The Balaban J connectivity index is 4.47. The van der Waals surface area contributed by atoms with Gasteiger partial charge in [0.1, 0.15) is 0 Å². The summed E-state index contributed by atoms with van der Waals surface area (Å²) < 4.78 is 16.7. The molecule has 0 heterocycles. The third-order valence-electron chi connectivity index (χ3n) is 5.76. The van der Waals surface area contributed by atoms with Gasteiger partial charge in [-0.25, -0.2) is 0 Å². The van der Waals surface area contributed by atoms with E-state index in [0.29, 0.717) is 0 Å². The topological polar surface area (TPSA) is 27.7 Å². The number of hydrogen-bond acceptors (Lipinski definition) is 4. The maximum Gasteiger partial charge on any atom is 0.297 e. The first-order valence-corrected chi connectivity index (χ1v) is 11.9. The summed E-state index contributed by atoms with van der Waals surface area (Å²) in [5.74, 6) is -1.07. The minimum Gasteiger partial charge on any atom is -0.330 e. The van der Waals surface area contributed by atoms with Crippen LogP contribution in [0.15, 0.2) is 0 Å². The number of hydrogen-bond donors (Lipinski definition) is 1. The van der Waals surface area contributed by atoms with Gasteiger partial charge in [0.05, 0.1) is 4.75 Å². The molecule has 0 rings (SSSR count). The highest BCUT2D eigenvalue weighted by Gasteiger charge is 2.50. The average molecular weight is 405 g/mol. The zero-order chi connectivity index (χ0) is 20.4. The second-order valence-electron chi connectivity index (χ2n) is 7.94. The van der Waals surface area contributed by atoms with Crippen LogP contribution < -0.4 is 0 Å². The van der Waals surface area contributed by atoms with E-state index >= 15 is 0 Å². The van der Waals surface area contributed by atoms with Crippen molar-refractivity contribution in [3.8, 4) is 0 Å². The molecule has 0 aromatic rings. The zero-order valence-electron chi connectivity index (χ0n) is 19.0. The lowest BCUT2D eigenvalue weighted by Crippen LogP contribution is -2.55. The SMILES string of the molecule is CCCCCCCCCCC(S)(CCCCCCCC)C(OC)(OC)OC. The van der Waals surface area contributed by atoms with Gasteiger partial charge >= 0.3 is 0 Å². The van der Waals surface area contributed by atoms with Crippen LogP contribution in [0.2, 0.25) is 0 Å². The molecule has 0 bridgehead atoms. The van der Waals surface area contributed by atoms with Gasteiger partial charge in [0.25, 0.3) is 5.97 Å². The Morgan fingerprint density at radius 3 is 1.11 bits per heavy atom. The van der Waals surface area contributed by atoms with Crippen LogP contribution in [0.4, 0.5) is 0 Å². The van der Waals surface area contributed by atoms with Crippen LogP contribution in [0.3, 0.4) is 0 Å². The normalized spacial score (nSPS) is 14.4. The number of ether oxygens (including phenoxy) is 3. The molecule has 0 aliphatic heterocycles. The molecule has 0 saturated carbocycles. The summed E-state index contributed by atoms with van der Waals surface area (Å²) in [7, 11) is 4.98. The Kier molecular flexibility index (Phi) is 17.3. The predicted octanol–water partition coefficient (Wildman–Crippen LogP) is 7.53. The van der Waals surface area contributed by atoms with E-state index in [0.717, 1.165) is 25.7 Å². The van der Waals surface area contributed by atoms with Crippen LogP contribution >= 0.6 is 12.6 Å². The van der Waals surface area contributed by atoms with Crippen LogP contribution in [0.1, 0.15) is 117 Å². The molecule has 0 saturated heterocycles. The van der Waals surface area contributed by atoms with Gasteiger partial charge < -0.3 is 14.2 Å². The van der Waals surface area contributed by atoms with Crippen molar-refractivity contribution in [1.82, 2.24) is 0 Å². The maximum absolute atomic E-state index is 5.70. The highest BCUT2D eigenvalue weighted by Crippen LogP contribution is 2.42. The Morgan fingerprint density at radius 2 is 0.815 bits per heavy atom. The van der Waals surface area contributed by atoms with E-state index < -0.39 is 10.7 Å². The van der Waals surface area contributed by atoms with Crippen molar-refractivity contribution in [2.45, 2.75) is 127 Å². The van der Waals surface area contributed by atoms with Crippen molar-refractivity contribution in [2.24, 2.45) is 0 Å². The van der Waals surface area contributed by atoms with E-state index in [9.17, 15) is 0 Å². The molecule has 0 spiro atoms. The second kappa shape index (κ2) is 17.1. The van der Waals surface area contributed by atoms with Gasteiger partial charge in [-0.05, 0) is 12.8 Å². The van der Waals surface area contributed by atoms with E-state index in [1.165, 1.54) is 77.0 Å². The monoisotopic (exact) mass is 404 g/mol. The van der Waals surface area contributed by atoms with Crippen LogP contribution in [0, 0.1) is 0 Å². The summed E-state index contributed by atoms with van der Waals surface area (Å²) in [5.41, 5.74) is 0. The molecular formula is C23H48O3S. The number of unbranched alkanes of at least 4 members (excludes halogenated alkanes) is 12. The molecule has 0 fully saturated rings. The summed E-state index contributed by atoms with van der Waals surface area (Å²) in [6, 6.07) is 0. The number of methoxy groups -OCH3 is 3.